The lowest BCUT2D eigenvalue weighted by atomic mass is 10.1. The molecule has 3 aromatic carbocycles. The molecule has 0 radical (unpaired) electrons. The maximum absolute atomic E-state index is 13.1. The van der Waals surface area contributed by atoms with Gasteiger partial charge in [0.1, 0.15) is 5.82 Å². The molecule has 144 valence electrons. The van der Waals surface area contributed by atoms with Crippen LogP contribution < -0.4 is 10.0 Å². The summed E-state index contributed by atoms with van der Waals surface area (Å²) in [6.45, 7) is 0. The Morgan fingerprint density at radius 1 is 0.857 bits per heavy atom. The largest absolute Gasteiger partial charge is 0.321 e. The number of nitrogens with one attached hydrogen (secondary N) is 2. The summed E-state index contributed by atoms with van der Waals surface area (Å²) in [5, 5.41) is 3.04. The summed E-state index contributed by atoms with van der Waals surface area (Å²) < 4.78 is 40.5. The molecule has 28 heavy (non-hydrogen) atoms. The van der Waals surface area contributed by atoms with Crippen LogP contribution in [0.25, 0.3) is 0 Å². The molecule has 0 aliphatic heterocycles. The summed E-state index contributed by atoms with van der Waals surface area (Å²) in [7, 11) is -4.02. The van der Waals surface area contributed by atoms with E-state index >= 15 is 0 Å². The first kappa shape index (κ1) is 20.1. The number of para-hydroxylation sites is 1. The second kappa shape index (κ2) is 8.18. The van der Waals surface area contributed by atoms with E-state index in [2.05, 4.69) is 10.0 Å². The molecule has 0 bridgehead atoms. The Morgan fingerprint density at radius 3 is 2.21 bits per heavy atom. The zero-order valence-corrected chi connectivity index (χ0v) is 16.4. The maximum atomic E-state index is 13.1. The Balaban J connectivity index is 1.89. The average Bonchev–Trinajstić information content (AvgIpc) is 2.66. The van der Waals surface area contributed by atoms with Crippen LogP contribution in [0.15, 0.2) is 71.6 Å². The lowest BCUT2D eigenvalue weighted by Crippen LogP contribution is -2.18. The van der Waals surface area contributed by atoms with E-state index in [1.165, 1.54) is 12.1 Å². The summed E-state index contributed by atoms with van der Waals surface area (Å²) in [4.78, 5) is 12.5. The van der Waals surface area contributed by atoms with Crippen LogP contribution in [0, 0.1) is 5.82 Å². The average molecular weight is 439 g/mol. The van der Waals surface area contributed by atoms with E-state index in [-0.39, 0.29) is 31.9 Å². The Kier molecular flexibility index (Phi) is 5.88. The first-order chi connectivity index (χ1) is 13.3. The van der Waals surface area contributed by atoms with Gasteiger partial charge in [-0.25, -0.2) is 12.8 Å². The standard InChI is InChI=1S/C19H13Cl2FN2O3S/c20-15-5-3-7-17(18(15)21)23-19(25)14-4-1-2-6-16(14)24-28(26,27)13-10-8-12(22)9-11-13/h1-11,24H,(H,23,25). The SMILES string of the molecule is O=C(Nc1cccc(Cl)c1Cl)c1ccccc1NS(=O)(=O)c1ccc(F)cc1. The van der Waals surface area contributed by atoms with Gasteiger partial charge >= 0.3 is 0 Å². The van der Waals surface area contributed by atoms with Crippen LogP contribution in [0.5, 0.6) is 0 Å². The van der Waals surface area contributed by atoms with Gasteiger partial charge in [-0.05, 0) is 48.5 Å². The van der Waals surface area contributed by atoms with E-state index in [1.807, 2.05) is 0 Å². The summed E-state index contributed by atoms with van der Waals surface area (Å²) in [5.74, 6) is -1.14. The quantitative estimate of drug-likeness (QED) is 0.575. The Hall–Kier alpha value is -2.61. The molecule has 0 unspecified atom stereocenters. The van der Waals surface area contributed by atoms with Crippen LogP contribution in [0.1, 0.15) is 10.4 Å². The molecule has 0 saturated heterocycles. The van der Waals surface area contributed by atoms with Gasteiger partial charge in [0.05, 0.1) is 31.9 Å². The normalized spacial score (nSPS) is 11.1. The van der Waals surface area contributed by atoms with Gasteiger partial charge in [-0.1, -0.05) is 41.4 Å². The third-order valence-corrected chi connectivity index (χ3v) is 5.94. The third kappa shape index (κ3) is 4.44. The second-order valence-corrected chi connectivity index (χ2v) is 8.13. The minimum atomic E-state index is -4.02. The van der Waals surface area contributed by atoms with Gasteiger partial charge in [0.25, 0.3) is 15.9 Å². The van der Waals surface area contributed by atoms with Crippen LogP contribution in [0.2, 0.25) is 10.0 Å². The minimum Gasteiger partial charge on any atom is -0.321 e. The van der Waals surface area contributed by atoms with E-state index in [0.29, 0.717) is 0 Å². The van der Waals surface area contributed by atoms with Crippen molar-refractivity contribution in [1.82, 2.24) is 0 Å². The van der Waals surface area contributed by atoms with E-state index in [1.54, 1.807) is 30.3 Å². The highest BCUT2D eigenvalue weighted by Crippen LogP contribution is 2.30. The topological polar surface area (TPSA) is 75.3 Å². The number of amides is 1. The molecule has 1 amide bonds. The van der Waals surface area contributed by atoms with E-state index in [9.17, 15) is 17.6 Å². The van der Waals surface area contributed by atoms with Crippen LogP contribution in [0.4, 0.5) is 15.8 Å². The highest BCUT2D eigenvalue weighted by Gasteiger charge is 2.19. The zero-order chi connectivity index (χ0) is 20.3. The van der Waals surface area contributed by atoms with Crippen molar-refractivity contribution in [2.24, 2.45) is 0 Å². The number of carbonyl (C=O) groups excluding carboxylic acids is 1. The molecule has 0 atom stereocenters. The summed E-state index contributed by atoms with van der Waals surface area (Å²) in [6.07, 6.45) is 0. The van der Waals surface area contributed by atoms with Crippen LogP contribution >= 0.6 is 23.2 Å². The molecule has 9 heteroatoms. The van der Waals surface area contributed by atoms with Gasteiger partial charge in [0.15, 0.2) is 0 Å². The highest BCUT2D eigenvalue weighted by atomic mass is 35.5. The fraction of sp³-hybridized carbons (Fsp3) is 0. The highest BCUT2D eigenvalue weighted by molar-refractivity contribution is 7.92. The predicted molar refractivity (Wildman–Crippen MR) is 108 cm³/mol. The van der Waals surface area contributed by atoms with Gasteiger partial charge in [-0.3, -0.25) is 9.52 Å². The third-order valence-electron chi connectivity index (χ3n) is 3.74. The molecule has 0 saturated carbocycles. The summed E-state index contributed by atoms with van der Waals surface area (Å²) in [6, 6.07) is 15.2. The Labute approximate surface area is 171 Å². The molecule has 0 fully saturated rings. The molecule has 2 N–H and O–H groups in total. The van der Waals surface area contributed by atoms with Crippen molar-refractivity contribution in [2.45, 2.75) is 4.90 Å². The first-order valence-electron chi connectivity index (χ1n) is 7.91. The van der Waals surface area contributed by atoms with Crippen molar-refractivity contribution >= 4 is 50.5 Å². The molecule has 3 aromatic rings. The fourth-order valence-electron chi connectivity index (χ4n) is 2.38. The van der Waals surface area contributed by atoms with Crippen molar-refractivity contribution in [3.05, 3.63) is 88.2 Å². The lowest BCUT2D eigenvalue weighted by Gasteiger charge is -2.13. The number of hydrogen-bond acceptors (Lipinski definition) is 3. The number of carbonyl (C=O) groups is 1. The van der Waals surface area contributed by atoms with E-state index < -0.39 is 21.7 Å². The number of benzene rings is 3. The first-order valence-corrected chi connectivity index (χ1v) is 10.1. The number of sulfonamides is 1. The molecule has 0 aromatic heterocycles. The molecule has 0 heterocycles. The fourth-order valence-corrected chi connectivity index (χ4v) is 3.81. The van der Waals surface area contributed by atoms with Gasteiger partial charge in [-0.15, -0.1) is 0 Å². The monoisotopic (exact) mass is 438 g/mol. The van der Waals surface area contributed by atoms with Crippen molar-refractivity contribution in [3.63, 3.8) is 0 Å². The Morgan fingerprint density at radius 2 is 1.50 bits per heavy atom. The number of halogens is 3. The molecule has 0 aliphatic rings. The van der Waals surface area contributed by atoms with Gasteiger partial charge in [0, 0.05) is 0 Å². The molecule has 0 spiro atoms. The molecular formula is C19H13Cl2FN2O3S. The molecular weight excluding hydrogens is 426 g/mol. The predicted octanol–water partition coefficient (Wildman–Crippen LogP) is 5.19. The number of anilines is 2. The van der Waals surface area contributed by atoms with Gasteiger partial charge in [0.2, 0.25) is 0 Å². The second-order valence-electron chi connectivity index (χ2n) is 5.66. The van der Waals surface area contributed by atoms with Gasteiger partial charge in [-0.2, -0.15) is 0 Å². The van der Waals surface area contributed by atoms with Crippen LogP contribution in [-0.2, 0) is 10.0 Å². The maximum Gasteiger partial charge on any atom is 0.261 e. The van der Waals surface area contributed by atoms with Crippen molar-refractivity contribution in [3.8, 4) is 0 Å². The van der Waals surface area contributed by atoms with Gasteiger partial charge < -0.3 is 5.32 Å². The van der Waals surface area contributed by atoms with Crippen LogP contribution in [-0.4, -0.2) is 14.3 Å². The molecule has 5 nitrogen and oxygen atoms in total. The molecule has 0 aliphatic carbocycles. The van der Waals surface area contributed by atoms with E-state index in [4.69, 9.17) is 23.2 Å². The van der Waals surface area contributed by atoms with E-state index in [0.717, 1.165) is 24.3 Å². The smallest absolute Gasteiger partial charge is 0.261 e. The summed E-state index contributed by atoms with van der Waals surface area (Å²) >= 11 is 12.0. The molecule has 3 rings (SSSR count). The zero-order valence-electron chi connectivity index (χ0n) is 14.1. The number of rotatable bonds is 5. The van der Waals surface area contributed by atoms with Crippen molar-refractivity contribution in [1.29, 1.82) is 0 Å². The minimum absolute atomic E-state index is 0.0578. The van der Waals surface area contributed by atoms with Crippen molar-refractivity contribution < 1.29 is 17.6 Å². The Bertz CT molecular complexity index is 1140. The van der Waals surface area contributed by atoms with Crippen molar-refractivity contribution in [2.75, 3.05) is 10.0 Å². The number of hydrogen-bond donors (Lipinski definition) is 2. The van der Waals surface area contributed by atoms with Crippen LogP contribution in [0.3, 0.4) is 0 Å². The lowest BCUT2D eigenvalue weighted by molar-refractivity contribution is 0.102. The summed E-state index contributed by atoms with van der Waals surface area (Å²) in [5.41, 5.74) is 0.419.